The Labute approximate surface area is 162 Å². The quantitative estimate of drug-likeness (QED) is 0.350. The number of nitro benzene ring substituents is 1. The molecule has 29 heavy (non-hydrogen) atoms. The lowest BCUT2D eigenvalue weighted by molar-refractivity contribution is -0.384. The Balaban J connectivity index is 1.58. The van der Waals surface area contributed by atoms with E-state index in [1.165, 1.54) is 24.3 Å². The number of aromatic nitrogens is 2. The van der Waals surface area contributed by atoms with Crippen molar-refractivity contribution in [1.29, 1.82) is 0 Å². The van der Waals surface area contributed by atoms with Crippen LogP contribution in [0.4, 0.5) is 11.4 Å². The standard InChI is InChI=1S/C19H13N5O5/c20-18(25)14-8-10-7-11(5-6-13(10)22-14)21-19(26)15-9-17(29-23-15)12-3-1-2-4-16(12)24(27)28/h1-9,22H,(H2,20,25)(H,21,26). The molecular formula is C19H13N5O5. The Morgan fingerprint density at radius 1 is 1.14 bits per heavy atom. The number of hydrogen-bond acceptors (Lipinski definition) is 6. The molecule has 0 aliphatic heterocycles. The topological polar surface area (TPSA) is 157 Å². The number of benzene rings is 2. The van der Waals surface area contributed by atoms with Gasteiger partial charge in [0.1, 0.15) is 5.69 Å². The monoisotopic (exact) mass is 391 g/mol. The molecule has 10 heteroatoms. The van der Waals surface area contributed by atoms with Crippen molar-refractivity contribution in [2.24, 2.45) is 5.73 Å². The Morgan fingerprint density at radius 3 is 2.69 bits per heavy atom. The molecule has 4 aromatic rings. The predicted molar refractivity (Wildman–Crippen MR) is 103 cm³/mol. The molecule has 2 aromatic carbocycles. The molecule has 0 fully saturated rings. The van der Waals surface area contributed by atoms with Gasteiger partial charge in [0.2, 0.25) is 0 Å². The highest BCUT2D eigenvalue weighted by molar-refractivity contribution is 6.05. The van der Waals surface area contributed by atoms with Crippen molar-refractivity contribution >= 4 is 34.1 Å². The summed E-state index contributed by atoms with van der Waals surface area (Å²) in [6.07, 6.45) is 0. The van der Waals surface area contributed by atoms with Crippen LogP contribution in [0.25, 0.3) is 22.2 Å². The van der Waals surface area contributed by atoms with Crippen LogP contribution in [0.15, 0.2) is 59.1 Å². The van der Waals surface area contributed by atoms with Gasteiger partial charge in [0.25, 0.3) is 17.5 Å². The molecule has 10 nitrogen and oxygen atoms in total. The number of amides is 2. The number of para-hydroxylation sites is 1. The van der Waals surface area contributed by atoms with Crippen molar-refractivity contribution in [3.05, 3.63) is 76.1 Å². The highest BCUT2D eigenvalue weighted by Gasteiger charge is 2.20. The molecule has 2 aromatic heterocycles. The van der Waals surface area contributed by atoms with E-state index in [2.05, 4.69) is 15.5 Å². The van der Waals surface area contributed by atoms with Gasteiger partial charge in [0, 0.05) is 28.7 Å². The second kappa shape index (κ2) is 6.93. The third kappa shape index (κ3) is 3.41. The highest BCUT2D eigenvalue weighted by atomic mass is 16.6. The minimum absolute atomic E-state index is 0.0369. The molecule has 0 saturated carbocycles. The molecule has 0 unspecified atom stereocenters. The number of nitrogens with two attached hydrogens (primary N) is 1. The lowest BCUT2D eigenvalue weighted by atomic mass is 10.1. The first kappa shape index (κ1) is 17.9. The van der Waals surface area contributed by atoms with Gasteiger partial charge in [-0.15, -0.1) is 0 Å². The third-order valence-electron chi connectivity index (χ3n) is 4.25. The van der Waals surface area contributed by atoms with Crippen molar-refractivity contribution in [2.45, 2.75) is 0 Å². The van der Waals surface area contributed by atoms with E-state index in [1.54, 1.807) is 30.3 Å². The fourth-order valence-electron chi connectivity index (χ4n) is 2.89. The van der Waals surface area contributed by atoms with Crippen molar-refractivity contribution in [3.63, 3.8) is 0 Å². The van der Waals surface area contributed by atoms with Crippen molar-refractivity contribution < 1.29 is 19.0 Å². The normalized spacial score (nSPS) is 10.8. The van der Waals surface area contributed by atoms with E-state index in [0.717, 1.165) is 0 Å². The number of rotatable bonds is 5. The van der Waals surface area contributed by atoms with Crippen LogP contribution < -0.4 is 11.1 Å². The maximum atomic E-state index is 12.5. The molecule has 0 atom stereocenters. The van der Waals surface area contributed by atoms with Crippen LogP contribution in [0.2, 0.25) is 0 Å². The maximum Gasteiger partial charge on any atom is 0.280 e. The summed E-state index contributed by atoms with van der Waals surface area (Å²) in [6.45, 7) is 0. The molecule has 0 bridgehead atoms. The minimum Gasteiger partial charge on any atom is -0.364 e. The molecule has 0 saturated heterocycles. The van der Waals surface area contributed by atoms with Gasteiger partial charge in [-0.05, 0) is 30.3 Å². The van der Waals surface area contributed by atoms with Crippen LogP contribution >= 0.6 is 0 Å². The summed E-state index contributed by atoms with van der Waals surface area (Å²) < 4.78 is 5.13. The summed E-state index contributed by atoms with van der Waals surface area (Å²) in [4.78, 5) is 37.2. The zero-order chi connectivity index (χ0) is 20.5. The van der Waals surface area contributed by atoms with Gasteiger partial charge >= 0.3 is 0 Å². The van der Waals surface area contributed by atoms with Gasteiger partial charge in [-0.25, -0.2) is 0 Å². The molecule has 2 amide bonds. The fraction of sp³-hybridized carbons (Fsp3) is 0. The average molecular weight is 391 g/mol. The highest BCUT2D eigenvalue weighted by Crippen LogP contribution is 2.30. The van der Waals surface area contributed by atoms with Crippen LogP contribution in [0.5, 0.6) is 0 Å². The Morgan fingerprint density at radius 2 is 1.93 bits per heavy atom. The van der Waals surface area contributed by atoms with E-state index >= 15 is 0 Å². The predicted octanol–water partition coefficient (Wildman–Crippen LogP) is 3.08. The number of nitro groups is 1. The van der Waals surface area contributed by atoms with E-state index in [4.69, 9.17) is 10.3 Å². The minimum atomic E-state index is -0.586. The van der Waals surface area contributed by atoms with Crippen LogP contribution in [-0.4, -0.2) is 26.9 Å². The summed E-state index contributed by atoms with van der Waals surface area (Å²) in [5.74, 6) is -1.03. The SMILES string of the molecule is NC(=O)c1cc2cc(NC(=O)c3cc(-c4ccccc4[N+](=O)[O-])on3)ccc2[nH]1. The molecule has 0 spiro atoms. The molecular weight excluding hydrogens is 378 g/mol. The van der Waals surface area contributed by atoms with Gasteiger partial charge < -0.3 is 20.6 Å². The smallest absolute Gasteiger partial charge is 0.280 e. The molecule has 4 N–H and O–H groups in total. The maximum absolute atomic E-state index is 12.5. The van der Waals surface area contributed by atoms with E-state index in [0.29, 0.717) is 16.6 Å². The first-order valence-corrected chi connectivity index (χ1v) is 8.37. The first-order valence-electron chi connectivity index (χ1n) is 8.37. The van der Waals surface area contributed by atoms with Gasteiger partial charge in [-0.2, -0.15) is 0 Å². The summed E-state index contributed by atoms with van der Waals surface area (Å²) in [7, 11) is 0. The number of hydrogen-bond donors (Lipinski definition) is 3. The Hall–Kier alpha value is -4.47. The lowest BCUT2D eigenvalue weighted by Crippen LogP contribution is -2.11. The lowest BCUT2D eigenvalue weighted by Gasteiger charge is -2.02. The zero-order valence-corrected chi connectivity index (χ0v) is 14.7. The molecule has 0 radical (unpaired) electrons. The first-order chi connectivity index (χ1) is 13.9. The Kier molecular flexibility index (Phi) is 4.28. The molecule has 4 rings (SSSR count). The second-order valence-electron chi connectivity index (χ2n) is 6.15. The number of carbonyl (C=O) groups is 2. The van der Waals surface area contributed by atoms with E-state index in [9.17, 15) is 19.7 Å². The number of primary amides is 1. The van der Waals surface area contributed by atoms with E-state index < -0.39 is 16.7 Å². The van der Waals surface area contributed by atoms with Crippen molar-refractivity contribution in [2.75, 3.05) is 5.32 Å². The van der Waals surface area contributed by atoms with Gasteiger partial charge in [-0.3, -0.25) is 19.7 Å². The summed E-state index contributed by atoms with van der Waals surface area (Å²) in [6, 6.07) is 13.9. The molecule has 144 valence electrons. The van der Waals surface area contributed by atoms with Gasteiger partial charge in [-0.1, -0.05) is 17.3 Å². The summed E-state index contributed by atoms with van der Waals surface area (Å²) in [5.41, 5.74) is 6.70. The second-order valence-corrected chi connectivity index (χ2v) is 6.15. The number of nitrogens with zero attached hydrogens (tertiary/aromatic N) is 2. The largest absolute Gasteiger partial charge is 0.364 e. The third-order valence-corrected chi connectivity index (χ3v) is 4.25. The molecule has 0 aliphatic rings. The number of nitrogens with one attached hydrogen (secondary N) is 2. The van der Waals surface area contributed by atoms with E-state index in [1.807, 2.05) is 0 Å². The number of H-pyrrole nitrogens is 1. The number of aromatic amines is 1. The number of fused-ring (bicyclic) bond motifs is 1. The van der Waals surface area contributed by atoms with Crippen molar-refractivity contribution in [1.82, 2.24) is 10.1 Å². The van der Waals surface area contributed by atoms with Gasteiger partial charge in [0.15, 0.2) is 11.5 Å². The Bertz CT molecular complexity index is 1270. The van der Waals surface area contributed by atoms with Crippen LogP contribution in [0.3, 0.4) is 0 Å². The zero-order valence-electron chi connectivity index (χ0n) is 14.7. The van der Waals surface area contributed by atoms with Crippen molar-refractivity contribution in [3.8, 4) is 11.3 Å². The summed E-state index contributed by atoms with van der Waals surface area (Å²) in [5, 5.41) is 18.2. The number of carbonyl (C=O) groups excluding carboxylic acids is 2. The van der Waals surface area contributed by atoms with Crippen LogP contribution in [0, 0.1) is 10.1 Å². The van der Waals surface area contributed by atoms with Gasteiger partial charge in [0.05, 0.1) is 10.5 Å². The summed E-state index contributed by atoms with van der Waals surface area (Å²) >= 11 is 0. The molecule has 0 aliphatic carbocycles. The van der Waals surface area contributed by atoms with Crippen LogP contribution in [0.1, 0.15) is 21.0 Å². The fourth-order valence-corrected chi connectivity index (χ4v) is 2.89. The van der Waals surface area contributed by atoms with Crippen LogP contribution in [-0.2, 0) is 0 Å². The number of anilines is 1. The van der Waals surface area contributed by atoms with E-state index in [-0.39, 0.29) is 28.4 Å². The average Bonchev–Trinajstić information content (AvgIpc) is 3.35. The molecule has 2 heterocycles.